The Balaban J connectivity index is 1.78. The molecule has 0 heterocycles. The highest BCUT2D eigenvalue weighted by Gasteiger charge is 2.15. The predicted octanol–water partition coefficient (Wildman–Crippen LogP) is 6.47. The smallest absolute Gasteiger partial charge is 0.319 e. The average molecular weight is 367 g/mol. The van der Waals surface area contributed by atoms with Crippen LogP contribution >= 0.6 is 0 Å². The molecule has 3 heteroatoms. The Bertz CT molecular complexity index is 681. The van der Waals surface area contributed by atoms with Crippen LogP contribution in [0.4, 0.5) is 10.5 Å². The monoisotopic (exact) mass is 366 g/mol. The van der Waals surface area contributed by atoms with Crippen LogP contribution in [0, 0.1) is 0 Å². The van der Waals surface area contributed by atoms with Crippen molar-refractivity contribution in [1.29, 1.82) is 0 Å². The summed E-state index contributed by atoms with van der Waals surface area (Å²) < 4.78 is 0. The first kappa shape index (κ1) is 21.0. The molecule has 3 nitrogen and oxygen atoms in total. The number of hydrogen-bond donors (Lipinski definition) is 2. The van der Waals surface area contributed by atoms with Crippen molar-refractivity contribution in [2.24, 2.45) is 0 Å². The number of amides is 2. The maximum Gasteiger partial charge on any atom is 0.319 e. The van der Waals surface area contributed by atoms with Gasteiger partial charge in [0, 0.05) is 12.2 Å². The molecule has 0 saturated heterocycles. The molecule has 0 radical (unpaired) electrons. The molecule has 0 saturated carbocycles. The van der Waals surface area contributed by atoms with Gasteiger partial charge in [-0.25, -0.2) is 4.79 Å². The van der Waals surface area contributed by atoms with Gasteiger partial charge in [0.25, 0.3) is 0 Å². The Hall–Kier alpha value is -2.29. The highest BCUT2D eigenvalue weighted by molar-refractivity contribution is 5.91. The summed E-state index contributed by atoms with van der Waals surface area (Å²) in [6.45, 7) is 9.36. The largest absolute Gasteiger partial charge is 0.338 e. The molecule has 0 aliphatic heterocycles. The van der Waals surface area contributed by atoms with E-state index in [2.05, 4.69) is 80.8 Å². The Morgan fingerprint density at radius 1 is 0.815 bits per heavy atom. The van der Waals surface area contributed by atoms with Crippen molar-refractivity contribution in [3.8, 4) is 0 Å². The summed E-state index contributed by atoms with van der Waals surface area (Å²) in [5.41, 5.74) is 4.75. The van der Waals surface area contributed by atoms with Gasteiger partial charge in [0.1, 0.15) is 0 Å². The molecule has 2 aromatic carbocycles. The molecule has 0 unspecified atom stereocenters. The summed E-state index contributed by atoms with van der Waals surface area (Å²) in [6, 6.07) is 16.8. The lowest BCUT2D eigenvalue weighted by atomic mass is 9.93. The molecular formula is C24H34N2O. The van der Waals surface area contributed by atoms with Gasteiger partial charge in [-0.05, 0) is 47.8 Å². The minimum absolute atomic E-state index is 0.104. The summed E-state index contributed by atoms with van der Waals surface area (Å²) in [5, 5.41) is 6.12. The third-order valence-corrected chi connectivity index (χ3v) is 4.88. The van der Waals surface area contributed by atoms with Crippen LogP contribution in [0.25, 0.3) is 0 Å². The van der Waals surface area contributed by atoms with E-state index in [1.54, 1.807) is 0 Å². The van der Waals surface area contributed by atoms with Crippen molar-refractivity contribution in [2.75, 3.05) is 11.9 Å². The van der Waals surface area contributed by atoms with Crippen LogP contribution in [0.1, 0.15) is 75.5 Å². The van der Waals surface area contributed by atoms with Gasteiger partial charge in [0.15, 0.2) is 0 Å². The Kier molecular flexibility index (Phi) is 8.38. The van der Waals surface area contributed by atoms with Crippen LogP contribution in [0.3, 0.4) is 0 Å². The molecule has 2 N–H and O–H groups in total. The van der Waals surface area contributed by atoms with Gasteiger partial charge in [-0.3, -0.25) is 0 Å². The lowest BCUT2D eigenvalue weighted by Crippen LogP contribution is -2.30. The summed E-state index contributed by atoms with van der Waals surface area (Å²) in [7, 11) is 0. The molecule has 27 heavy (non-hydrogen) atoms. The Morgan fingerprint density at radius 3 is 2.04 bits per heavy atom. The molecule has 2 aromatic rings. The number of nitrogens with one attached hydrogen (secondary N) is 2. The quantitative estimate of drug-likeness (QED) is 0.491. The van der Waals surface area contributed by atoms with Crippen LogP contribution in [-0.4, -0.2) is 12.6 Å². The first-order chi connectivity index (χ1) is 13.0. The first-order valence-electron chi connectivity index (χ1n) is 10.2. The van der Waals surface area contributed by atoms with Crippen LogP contribution in [0.15, 0.2) is 48.5 Å². The standard InChI is InChI=1S/C24H34N2O/c1-18(2)21-15-11-16-22(19(3)4)23(21)26-24(27)25-17-10-6-9-14-20-12-7-5-8-13-20/h5,7-8,11-13,15-16,18-19H,6,9-10,14,17H2,1-4H3,(H2,25,26,27). The highest BCUT2D eigenvalue weighted by Crippen LogP contribution is 2.32. The number of aryl methyl sites for hydroxylation is 1. The second kappa shape index (κ2) is 10.8. The van der Waals surface area contributed by atoms with Gasteiger partial charge in [0.05, 0.1) is 0 Å². The molecule has 0 aromatic heterocycles. The molecule has 0 spiro atoms. The Labute approximate surface area is 164 Å². The minimum Gasteiger partial charge on any atom is -0.338 e. The van der Waals surface area contributed by atoms with Gasteiger partial charge < -0.3 is 10.6 Å². The highest BCUT2D eigenvalue weighted by atomic mass is 16.2. The summed E-state index contributed by atoms with van der Waals surface area (Å²) >= 11 is 0. The van der Waals surface area contributed by atoms with Crippen molar-refractivity contribution < 1.29 is 4.79 Å². The third-order valence-electron chi connectivity index (χ3n) is 4.88. The van der Waals surface area contributed by atoms with Crippen LogP contribution in [0.5, 0.6) is 0 Å². The van der Waals surface area contributed by atoms with Crippen molar-refractivity contribution >= 4 is 11.7 Å². The fraction of sp³-hybridized carbons (Fsp3) is 0.458. The van der Waals surface area contributed by atoms with Gasteiger partial charge in [-0.15, -0.1) is 0 Å². The second-order valence-corrected chi connectivity index (χ2v) is 7.80. The van der Waals surface area contributed by atoms with Crippen LogP contribution in [0.2, 0.25) is 0 Å². The molecule has 2 amide bonds. The zero-order valence-corrected chi connectivity index (χ0v) is 17.2. The lowest BCUT2D eigenvalue weighted by molar-refractivity contribution is 0.252. The van der Waals surface area contributed by atoms with Gasteiger partial charge >= 0.3 is 6.03 Å². The molecule has 0 atom stereocenters. The van der Waals surface area contributed by atoms with Gasteiger partial charge in [-0.1, -0.05) is 82.6 Å². The number of carbonyl (C=O) groups excluding carboxylic acids is 1. The number of carbonyl (C=O) groups is 1. The molecule has 0 aliphatic rings. The number of rotatable bonds is 9. The second-order valence-electron chi connectivity index (χ2n) is 7.80. The fourth-order valence-electron chi connectivity index (χ4n) is 3.33. The van der Waals surface area contributed by atoms with E-state index in [9.17, 15) is 4.79 Å². The van der Waals surface area contributed by atoms with E-state index in [-0.39, 0.29) is 6.03 Å². The molecule has 146 valence electrons. The van der Waals surface area contributed by atoms with E-state index in [1.165, 1.54) is 16.7 Å². The van der Waals surface area contributed by atoms with E-state index in [0.29, 0.717) is 18.4 Å². The average Bonchev–Trinajstić information content (AvgIpc) is 2.65. The number of anilines is 1. The van der Waals surface area contributed by atoms with E-state index >= 15 is 0 Å². The summed E-state index contributed by atoms with van der Waals surface area (Å²) in [4.78, 5) is 12.4. The van der Waals surface area contributed by atoms with Crippen molar-refractivity contribution in [2.45, 2.75) is 65.2 Å². The van der Waals surface area contributed by atoms with Crippen molar-refractivity contribution in [1.82, 2.24) is 5.32 Å². The minimum atomic E-state index is -0.104. The first-order valence-corrected chi connectivity index (χ1v) is 10.2. The van der Waals surface area contributed by atoms with Gasteiger partial charge in [-0.2, -0.15) is 0 Å². The zero-order chi connectivity index (χ0) is 19.6. The van der Waals surface area contributed by atoms with Gasteiger partial charge in [0.2, 0.25) is 0 Å². The topological polar surface area (TPSA) is 41.1 Å². The SMILES string of the molecule is CC(C)c1cccc(C(C)C)c1NC(=O)NCCCCCc1ccccc1. The molecule has 2 rings (SSSR count). The number of urea groups is 1. The van der Waals surface area contributed by atoms with E-state index in [4.69, 9.17) is 0 Å². The van der Waals surface area contributed by atoms with Crippen molar-refractivity contribution in [3.63, 3.8) is 0 Å². The molecule has 0 aliphatic carbocycles. The molecule has 0 bridgehead atoms. The third kappa shape index (κ3) is 6.74. The van der Waals surface area contributed by atoms with E-state index in [1.807, 2.05) is 6.07 Å². The van der Waals surface area contributed by atoms with Crippen molar-refractivity contribution in [3.05, 3.63) is 65.2 Å². The number of hydrogen-bond acceptors (Lipinski definition) is 1. The summed E-state index contributed by atoms with van der Waals surface area (Å²) in [5.74, 6) is 0.744. The maximum atomic E-state index is 12.4. The number of unbranched alkanes of at least 4 members (excludes halogenated alkanes) is 2. The van der Waals surface area contributed by atoms with E-state index in [0.717, 1.165) is 31.4 Å². The summed E-state index contributed by atoms with van der Waals surface area (Å²) in [6.07, 6.45) is 4.38. The van der Waals surface area contributed by atoms with Crippen LogP contribution < -0.4 is 10.6 Å². The molecular weight excluding hydrogens is 332 g/mol. The van der Waals surface area contributed by atoms with E-state index < -0.39 is 0 Å². The van der Waals surface area contributed by atoms with Crippen LogP contribution in [-0.2, 0) is 6.42 Å². The number of para-hydroxylation sites is 1. The maximum absolute atomic E-state index is 12.4. The Morgan fingerprint density at radius 2 is 1.44 bits per heavy atom. The normalized spacial score (nSPS) is 11.0. The number of benzene rings is 2. The molecule has 0 fully saturated rings. The fourth-order valence-corrected chi connectivity index (χ4v) is 3.33. The lowest BCUT2D eigenvalue weighted by Gasteiger charge is -2.20. The predicted molar refractivity (Wildman–Crippen MR) is 116 cm³/mol. The zero-order valence-electron chi connectivity index (χ0n) is 17.2.